The van der Waals surface area contributed by atoms with Crippen molar-refractivity contribution >= 4 is 46.6 Å². The molecule has 9 heteroatoms. The number of halogens is 3. The van der Waals surface area contributed by atoms with E-state index in [1.165, 1.54) is 0 Å². The van der Waals surface area contributed by atoms with Crippen LogP contribution in [0.15, 0.2) is 72.8 Å². The van der Waals surface area contributed by atoms with Crippen LogP contribution in [0, 0.1) is 5.92 Å². The summed E-state index contributed by atoms with van der Waals surface area (Å²) in [7, 11) is 0. The first kappa shape index (κ1) is 30.7. The number of nitrogens with zero attached hydrogens (tertiary/aromatic N) is 2. The van der Waals surface area contributed by atoms with Crippen LogP contribution in [0.3, 0.4) is 0 Å². The Bertz CT molecular complexity index is 1380. The molecule has 42 heavy (non-hydrogen) atoms. The van der Waals surface area contributed by atoms with E-state index in [0.29, 0.717) is 41.3 Å². The van der Waals surface area contributed by atoms with Gasteiger partial charge in [-0.1, -0.05) is 71.2 Å². The van der Waals surface area contributed by atoms with Gasteiger partial charge in [0.15, 0.2) is 0 Å². The second kappa shape index (κ2) is 13.7. The van der Waals surface area contributed by atoms with E-state index in [9.17, 15) is 9.59 Å². The van der Waals surface area contributed by atoms with Gasteiger partial charge in [0.1, 0.15) is 5.75 Å². The van der Waals surface area contributed by atoms with Crippen LogP contribution in [0.2, 0.25) is 15.1 Å². The van der Waals surface area contributed by atoms with Crippen LogP contribution in [0.5, 0.6) is 5.75 Å². The molecule has 0 aliphatic carbocycles. The quantitative estimate of drug-likeness (QED) is 0.284. The molecule has 3 aromatic rings. The van der Waals surface area contributed by atoms with E-state index in [1.807, 2.05) is 65.6 Å². The summed E-state index contributed by atoms with van der Waals surface area (Å²) < 4.78 is 6.00. The molecule has 0 saturated carbocycles. The van der Waals surface area contributed by atoms with Crippen molar-refractivity contribution in [3.8, 4) is 5.75 Å². The average Bonchev–Trinajstić information content (AvgIpc) is 3.41. The highest BCUT2D eigenvalue weighted by Gasteiger charge is 2.39. The maximum atomic E-state index is 13.6. The molecule has 222 valence electrons. The van der Waals surface area contributed by atoms with Gasteiger partial charge in [-0.05, 0) is 72.7 Å². The number of nitrogens with one attached hydrogen (secondary N) is 1. The number of carbonyl (C=O) groups excluding carboxylic acids is 2. The Labute approximate surface area is 262 Å². The van der Waals surface area contributed by atoms with Crippen LogP contribution in [0.1, 0.15) is 43.2 Å². The third-order valence-electron chi connectivity index (χ3n) is 8.55. The Morgan fingerprint density at radius 3 is 2.31 bits per heavy atom. The smallest absolute Gasteiger partial charge is 0.236 e. The standard InChI is InChI=1S/C33H36Cl3N3O3/c1-23(40)37-33(26-5-3-2-4-6-26)14-16-38(17-15-33)22-32(41)39-20-25(13-18-42-28-10-8-27(34)9-11-28)29(21-39)24-7-12-30(35)31(36)19-24/h2-12,19,25,29H,13-18,20-22H2,1H3,(H,37,40)/t25-,29-/m1/s1. The Morgan fingerprint density at radius 1 is 0.929 bits per heavy atom. The minimum absolute atomic E-state index is 0.0418. The van der Waals surface area contributed by atoms with E-state index in [4.69, 9.17) is 39.5 Å². The molecular weight excluding hydrogens is 593 g/mol. The van der Waals surface area contributed by atoms with E-state index >= 15 is 0 Å². The first-order valence-electron chi connectivity index (χ1n) is 14.4. The summed E-state index contributed by atoms with van der Waals surface area (Å²) >= 11 is 18.6. The van der Waals surface area contributed by atoms with Gasteiger partial charge in [0.05, 0.1) is 28.7 Å². The van der Waals surface area contributed by atoms with Gasteiger partial charge in [-0.25, -0.2) is 0 Å². The molecule has 5 rings (SSSR count). The van der Waals surface area contributed by atoms with E-state index in [0.717, 1.165) is 49.2 Å². The summed E-state index contributed by atoms with van der Waals surface area (Å²) in [5.41, 5.74) is 1.78. The number of rotatable bonds is 9. The summed E-state index contributed by atoms with van der Waals surface area (Å²) in [4.78, 5) is 29.9. The third-order valence-corrected chi connectivity index (χ3v) is 9.54. The van der Waals surface area contributed by atoms with Crippen molar-refractivity contribution in [2.75, 3.05) is 39.3 Å². The summed E-state index contributed by atoms with van der Waals surface area (Å²) in [5, 5.41) is 4.92. The van der Waals surface area contributed by atoms with Gasteiger partial charge < -0.3 is 15.0 Å². The number of piperidine rings is 1. The highest BCUT2D eigenvalue weighted by Crippen LogP contribution is 2.38. The lowest BCUT2D eigenvalue weighted by Crippen LogP contribution is -2.54. The zero-order valence-electron chi connectivity index (χ0n) is 23.7. The van der Waals surface area contributed by atoms with Crippen molar-refractivity contribution in [2.45, 2.75) is 37.6 Å². The number of hydrogen-bond donors (Lipinski definition) is 1. The molecule has 2 saturated heterocycles. The van der Waals surface area contributed by atoms with Crippen molar-refractivity contribution in [3.05, 3.63) is 99.0 Å². The van der Waals surface area contributed by atoms with Gasteiger partial charge in [-0.15, -0.1) is 0 Å². The lowest BCUT2D eigenvalue weighted by atomic mass is 9.80. The Kier molecular flexibility index (Phi) is 10.00. The zero-order chi connectivity index (χ0) is 29.7. The molecule has 6 nitrogen and oxygen atoms in total. The number of hydrogen-bond acceptors (Lipinski definition) is 4. The van der Waals surface area contributed by atoms with Crippen LogP contribution in [-0.4, -0.2) is 60.9 Å². The Hall–Kier alpha value is -2.77. The summed E-state index contributed by atoms with van der Waals surface area (Å²) in [6.07, 6.45) is 2.29. The molecule has 2 heterocycles. The van der Waals surface area contributed by atoms with Gasteiger partial charge >= 0.3 is 0 Å². The minimum atomic E-state index is -0.408. The lowest BCUT2D eigenvalue weighted by molar-refractivity contribution is -0.132. The average molecular weight is 629 g/mol. The molecule has 2 atom stereocenters. The van der Waals surface area contributed by atoms with Crippen LogP contribution >= 0.6 is 34.8 Å². The Morgan fingerprint density at radius 2 is 1.64 bits per heavy atom. The fourth-order valence-electron chi connectivity index (χ4n) is 6.31. The molecule has 3 aromatic carbocycles. The number of benzene rings is 3. The number of ether oxygens (including phenoxy) is 1. The van der Waals surface area contributed by atoms with Crippen molar-refractivity contribution in [1.29, 1.82) is 0 Å². The van der Waals surface area contributed by atoms with Crippen LogP contribution in [0.25, 0.3) is 0 Å². The van der Waals surface area contributed by atoms with E-state index in [-0.39, 0.29) is 23.7 Å². The fourth-order valence-corrected chi connectivity index (χ4v) is 6.74. The van der Waals surface area contributed by atoms with E-state index in [1.54, 1.807) is 6.92 Å². The first-order chi connectivity index (χ1) is 20.2. The first-order valence-corrected chi connectivity index (χ1v) is 15.5. The highest BCUT2D eigenvalue weighted by molar-refractivity contribution is 6.42. The second-order valence-electron chi connectivity index (χ2n) is 11.3. The van der Waals surface area contributed by atoms with Crippen LogP contribution < -0.4 is 10.1 Å². The number of likely N-dealkylation sites (tertiary alicyclic amines) is 2. The van der Waals surface area contributed by atoms with Gasteiger partial charge in [0.2, 0.25) is 11.8 Å². The van der Waals surface area contributed by atoms with E-state index < -0.39 is 5.54 Å². The second-order valence-corrected chi connectivity index (χ2v) is 12.6. The van der Waals surface area contributed by atoms with Gasteiger partial charge in [-0.3, -0.25) is 14.5 Å². The normalized spacial score (nSPS) is 20.3. The summed E-state index contributed by atoms with van der Waals surface area (Å²) in [6.45, 7) is 5.18. The van der Waals surface area contributed by atoms with Gasteiger partial charge in [0, 0.05) is 44.0 Å². The molecule has 1 N–H and O–H groups in total. The fraction of sp³-hybridized carbons (Fsp3) is 0.394. The van der Waals surface area contributed by atoms with Crippen molar-refractivity contribution < 1.29 is 14.3 Å². The predicted molar refractivity (Wildman–Crippen MR) is 168 cm³/mol. The molecular formula is C33H36Cl3N3O3. The van der Waals surface area contributed by atoms with E-state index in [2.05, 4.69) is 22.3 Å². The molecule has 0 unspecified atom stereocenters. The maximum Gasteiger partial charge on any atom is 0.236 e. The predicted octanol–water partition coefficient (Wildman–Crippen LogP) is 6.79. The molecule has 0 spiro atoms. The van der Waals surface area contributed by atoms with Gasteiger partial charge in [-0.2, -0.15) is 0 Å². The van der Waals surface area contributed by atoms with Crippen LogP contribution in [-0.2, 0) is 15.1 Å². The third kappa shape index (κ3) is 7.41. The number of carbonyl (C=O) groups is 2. The largest absolute Gasteiger partial charge is 0.494 e. The number of amides is 2. The molecule has 2 aliphatic rings. The van der Waals surface area contributed by atoms with Gasteiger partial charge in [0.25, 0.3) is 0 Å². The van der Waals surface area contributed by atoms with Crippen molar-refractivity contribution in [3.63, 3.8) is 0 Å². The minimum Gasteiger partial charge on any atom is -0.494 e. The van der Waals surface area contributed by atoms with Crippen molar-refractivity contribution in [1.82, 2.24) is 15.1 Å². The molecule has 0 bridgehead atoms. The zero-order valence-corrected chi connectivity index (χ0v) is 26.0. The topological polar surface area (TPSA) is 61.9 Å². The SMILES string of the molecule is CC(=O)NC1(c2ccccc2)CCN(CC(=O)N2C[C@@H](CCOc3ccc(Cl)cc3)[C@@H](c3ccc(Cl)c(Cl)c3)C2)CC1. The highest BCUT2D eigenvalue weighted by atomic mass is 35.5. The van der Waals surface area contributed by atoms with Crippen LogP contribution in [0.4, 0.5) is 0 Å². The lowest BCUT2D eigenvalue weighted by Gasteiger charge is -2.42. The Balaban J connectivity index is 1.23. The molecule has 2 fully saturated rings. The molecule has 0 aromatic heterocycles. The summed E-state index contributed by atoms with van der Waals surface area (Å²) in [5.74, 6) is 1.19. The van der Waals surface area contributed by atoms with Crippen molar-refractivity contribution in [2.24, 2.45) is 5.92 Å². The monoisotopic (exact) mass is 627 g/mol. The summed E-state index contributed by atoms with van der Waals surface area (Å²) in [6, 6.07) is 23.2. The molecule has 2 amide bonds. The molecule has 2 aliphatic heterocycles. The molecule has 0 radical (unpaired) electrons. The maximum absolute atomic E-state index is 13.6.